The van der Waals surface area contributed by atoms with Gasteiger partial charge in [-0.1, -0.05) is 35.6 Å². The average Bonchev–Trinajstić information content (AvgIpc) is 2.98. The van der Waals surface area contributed by atoms with Crippen LogP contribution in [-0.4, -0.2) is 19.7 Å². The Morgan fingerprint density at radius 2 is 1.79 bits per heavy atom. The van der Waals surface area contributed by atoms with E-state index in [0.29, 0.717) is 16.0 Å². The molecule has 0 spiro atoms. The van der Waals surface area contributed by atoms with Crippen molar-refractivity contribution in [2.45, 2.75) is 18.7 Å². The van der Waals surface area contributed by atoms with Gasteiger partial charge < -0.3 is 9.84 Å². The molecule has 1 heterocycles. The molecule has 0 aliphatic heterocycles. The van der Waals surface area contributed by atoms with Crippen LogP contribution in [0.25, 0.3) is 10.4 Å². The van der Waals surface area contributed by atoms with Crippen LogP contribution < -0.4 is 9.46 Å². The maximum atomic E-state index is 13.1. The highest BCUT2D eigenvalue weighted by Gasteiger charge is 2.22. The first kappa shape index (κ1) is 19.8. The molecule has 9 heteroatoms. The fraction of sp³-hybridized carbons (Fsp3) is 0.105. The number of anilines is 1. The second-order valence-corrected chi connectivity index (χ2v) is 8.73. The first-order valence-electron chi connectivity index (χ1n) is 8.06. The summed E-state index contributed by atoms with van der Waals surface area (Å²) in [7, 11) is -3.98. The summed E-state index contributed by atoms with van der Waals surface area (Å²) < 4.78 is 46.0. The molecule has 0 saturated carbocycles. The van der Waals surface area contributed by atoms with Crippen molar-refractivity contribution in [3.63, 3.8) is 0 Å². The van der Waals surface area contributed by atoms with E-state index in [2.05, 4.69) is 4.72 Å². The quantitative estimate of drug-likeness (QED) is 0.564. The molecule has 2 N–H and O–H groups in total. The third-order valence-corrected chi connectivity index (χ3v) is 6.45. The van der Waals surface area contributed by atoms with Crippen molar-refractivity contribution in [1.29, 1.82) is 0 Å². The highest BCUT2D eigenvalue weighted by atomic mass is 32.2. The lowest BCUT2D eigenvalue weighted by Crippen LogP contribution is -2.15. The van der Waals surface area contributed by atoms with Crippen molar-refractivity contribution in [2.75, 3.05) is 4.72 Å². The summed E-state index contributed by atoms with van der Waals surface area (Å²) in [6, 6.07) is 12.0. The van der Waals surface area contributed by atoms with Crippen LogP contribution in [0.2, 0.25) is 0 Å². The van der Waals surface area contributed by atoms with Gasteiger partial charge in [-0.25, -0.2) is 17.6 Å². The maximum absolute atomic E-state index is 13.1. The normalized spacial score (nSPS) is 11.2. The van der Waals surface area contributed by atoms with Crippen molar-refractivity contribution in [3.8, 4) is 15.5 Å². The van der Waals surface area contributed by atoms with Crippen LogP contribution in [-0.2, 0) is 10.0 Å². The Kier molecular flexibility index (Phi) is 5.39. The topological polar surface area (TPSA) is 92.7 Å². The highest BCUT2D eigenvalue weighted by Crippen LogP contribution is 2.42. The maximum Gasteiger partial charge on any atom is 0.512 e. The molecule has 0 radical (unpaired) electrons. The molecule has 0 unspecified atom stereocenters. The molecular weight excluding hydrogens is 405 g/mol. The lowest BCUT2D eigenvalue weighted by atomic mass is 10.2. The van der Waals surface area contributed by atoms with E-state index in [4.69, 9.17) is 9.84 Å². The number of ether oxygens (including phenoxy) is 1. The SMILES string of the molecule is Cc1ccc(C)c(S(=O)(=O)Nc2cc(-c3ccc(F)cc3)sc2OC(=O)O)c1. The molecule has 0 saturated heterocycles. The van der Waals surface area contributed by atoms with E-state index in [1.165, 1.54) is 36.4 Å². The Labute approximate surface area is 165 Å². The lowest BCUT2D eigenvalue weighted by molar-refractivity contribution is 0.146. The van der Waals surface area contributed by atoms with Gasteiger partial charge in [0.05, 0.1) is 4.90 Å². The number of rotatable bonds is 5. The molecule has 6 nitrogen and oxygen atoms in total. The van der Waals surface area contributed by atoms with E-state index in [1.54, 1.807) is 26.0 Å². The van der Waals surface area contributed by atoms with Gasteiger partial charge in [0.15, 0.2) is 0 Å². The van der Waals surface area contributed by atoms with Crippen LogP contribution in [0.15, 0.2) is 53.4 Å². The number of aryl methyl sites for hydroxylation is 2. The number of benzene rings is 2. The Hall–Kier alpha value is -2.91. The van der Waals surface area contributed by atoms with Gasteiger partial charge in [-0.2, -0.15) is 0 Å². The van der Waals surface area contributed by atoms with Gasteiger partial charge in [0.2, 0.25) is 5.06 Å². The smallest absolute Gasteiger partial charge is 0.449 e. The van der Waals surface area contributed by atoms with Gasteiger partial charge in [0, 0.05) is 4.88 Å². The minimum atomic E-state index is -3.98. The van der Waals surface area contributed by atoms with Crippen LogP contribution in [0.3, 0.4) is 0 Å². The number of hydrogen-bond donors (Lipinski definition) is 2. The molecule has 3 rings (SSSR count). The zero-order valence-electron chi connectivity index (χ0n) is 14.9. The van der Waals surface area contributed by atoms with Crippen LogP contribution in [0.4, 0.5) is 14.9 Å². The first-order valence-corrected chi connectivity index (χ1v) is 10.4. The van der Waals surface area contributed by atoms with Gasteiger partial charge in [0.1, 0.15) is 11.5 Å². The minimum absolute atomic E-state index is 0.00682. The molecule has 0 amide bonds. The van der Waals surface area contributed by atoms with E-state index in [1.807, 2.05) is 0 Å². The van der Waals surface area contributed by atoms with Crippen molar-refractivity contribution in [1.82, 2.24) is 0 Å². The molecule has 146 valence electrons. The van der Waals surface area contributed by atoms with Crippen LogP contribution in [0.1, 0.15) is 11.1 Å². The summed E-state index contributed by atoms with van der Waals surface area (Å²) in [6.07, 6.45) is -1.57. The predicted octanol–water partition coefficient (Wildman–Crippen LogP) is 5.03. The zero-order chi connectivity index (χ0) is 20.5. The number of halogens is 1. The second kappa shape index (κ2) is 7.61. The molecule has 28 heavy (non-hydrogen) atoms. The molecule has 0 fully saturated rings. The van der Waals surface area contributed by atoms with Crippen molar-refractivity contribution in [3.05, 3.63) is 65.5 Å². The number of hydrogen-bond acceptors (Lipinski definition) is 5. The standard InChI is InChI=1S/C19H16FNO5S2/c1-11-3-4-12(2)17(9-11)28(24,25)21-15-10-16(27-18(15)26-19(22)23)13-5-7-14(20)8-6-13/h3-10,21H,1-2H3,(H,22,23). The van der Waals surface area contributed by atoms with E-state index < -0.39 is 22.0 Å². The van der Waals surface area contributed by atoms with Crippen LogP contribution in [0, 0.1) is 19.7 Å². The largest absolute Gasteiger partial charge is 0.512 e. The van der Waals surface area contributed by atoms with Crippen LogP contribution >= 0.6 is 11.3 Å². The summed E-state index contributed by atoms with van der Waals surface area (Å²) in [4.78, 5) is 11.6. The Morgan fingerprint density at radius 1 is 1.11 bits per heavy atom. The van der Waals surface area contributed by atoms with Crippen molar-refractivity contribution >= 4 is 33.2 Å². The molecule has 2 aromatic carbocycles. The first-order chi connectivity index (χ1) is 13.2. The molecule has 3 aromatic rings. The fourth-order valence-corrected chi connectivity index (χ4v) is 4.97. The van der Waals surface area contributed by atoms with Gasteiger partial charge >= 0.3 is 6.16 Å². The van der Waals surface area contributed by atoms with Gasteiger partial charge in [-0.15, -0.1) is 0 Å². The summed E-state index contributed by atoms with van der Waals surface area (Å²) >= 11 is 0.938. The third-order valence-electron chi connectivity index (χ3n) is 3.88. The van der Waals surface area contributed by atoms with E-state index in [-0.39, 0.29) is 15.6 Å². The number of nitrogens with one attached hydrogen (secondary N) is 1. The number of sulfonamides is 1. The van der Waals surface area contributed by atoms with Gasteiger partial charge in [0.25, 0.3) is 10.0 Å². The summed E-state index contributed by atoms with van der Waals surface area (Å²) in [5, 5.41) is 8.84. The van der Waals surface area contributed by atoms with Gasteiger partial charge in [-0.05, 0) is 54.8 Å². The molecular formula is C19H16FNO5S2. The number of carboxylic acid groups (broad SMARTS) is 1. The van der Waals surface area contributed by atoms with Crippen molar-refractivity contribution in [2.24, 2.45) is 0 Å². The summed E-state index contributed by atoms with van der Waals surface area (Å²) in [5.74, 6) is -0.418. The van der Waals surface area contributed by atoms with Gasteiger partial charge in [-0.3, -0.25) is 4.72 Å². The molecule has 0 atom stereocenters. The highest BCUT2D eigenvalue weighted by molar-refractivity contribution is 7.92. The Balaban J connectivity index is 2.03. The molecule has 0 bridgehead atoms. The fourth-order valence-electron chi connectivity index (χ4n) is 2.55. The number of thiophene rings is 1. The third kappa shape index (κ3) is 4.32. The Morgan fingerprint density at radius 3 is 2.43 bits per heavy atom. The monoisotopic (exact) mass is 421 g/mol. The summed E-state index contributed by atoms with van der Waals surface area (Å²) in [6.45, 7) is 3.44. The molecule has 0 aliphatic rings. The average molecular weight is 421 g/mol. The zero-order valence-corrected chi connectivity index (χ0v) is 16.5. The van der Waals surface area contributed by atoms with Crippen LogP contribution in [0.5, 0.6) is 5.06 Å². The molecule has 1 aromatic heterocycles. The number of carbonyl (C=O) groups is 1. The predicted molar refractivity (Wildman–Crippen MR) is 105 cm³/mol. The second-order valence-electron chi connectivity index (χ2n) is 6.06. The lowest BCUT2D eigenvalue weighted by Gasteiger charge is -2.11. The van der Waals surface area contributed by atoms with E-state index >= 15 is 0 Å². The van der Waals surface area contributed by atoms with E-state index in [9.17, 15) is 17.6 Å². The Bertz CT molecular complexity index is 1140. The van der Waals surface area contributed by atoms with Crippen molar-refractivity contribution < 1.29 is 27.4 Å². The van der Waals surface area contributed by atoms with E-state index in [0.717, 1.165) is 16.9 Å². The summed E-state index contributed by atoms with van der Waals surface area (Å²) in [5.41, 5.74) is 1.91. The minimum Gasteiger partial charge on any atom is -0.449 e. The molecule has 0 aliphatic carbocycles.